The molecule has 0 spiro atoms. The van der Waals surface area contributed by atoms with E-state index in [1.165, 1.54) is 38.5 Å². The number of rotatable bonds is 11. The second-order valence-corrected chi connectivity index (χ2v) is 10.3. The van der Waals surface area contributed by atoms with Crippen molar-refractivity contribution in [2.75, 3.05) is 40.5 Å². The smallest absolute Gasteiger partial charge is 0.465 e. The van der Waals surface area contributed by atoms with E-state index in [2.05, 4.69) is 4.90 Å². The van der Waals surface area contributed by atoms with Crippen LogP contribution >= 0.6 is 0 Å². The van der Waals surface area contributed by atoms with E-state index in [0.717, 1.165) is 37.1 Å². The summed E-state index contributed by atoms with van der Waals surface area (Å²) in [6, 6.07) is 0. The fraction of sp³-hybridized carbons (Fsp3) is 0.913. The van der Waals surface area contributed by atoms with Crippen LogP contribution in [0.15, 0.2) is 0 Å². The molecule has 29 heavy (non-hydrogen) atoms. The predicted octanol–water partition coefficient (Wildman–Crippen LogP) is 4.27. The largest absolute Gasteiger partial charge is 0.508 e. The van der Waals surface area contributed by atoms with Gasteiger partial charge in [0, 0.05) is 5.92 Å². The number of hydrogen-bond donors (Lipinski definition) is 0. The summed E-state index contributed by atoms with van der Waals surface area (Å²) < 4.78 is 15.7. The lowest BCUT2D eigenvalue weighted by atomic mass is 9.49. The Kier molecular flexibility index (Phi) is 7.83. The second kappa shape index (κ2) is 10.1. The Morgan fingerprint density at radius 1 is 0.931 bits per heavy atom. The SMILES string of the molecule is CC(COC(=O)CC12CC3CC(CC(C3)C1)C2)COC(=O)OCCCCN(C)C. The van der Waals surface area contributed by atoms with Gasteiger partial charge in [0.15, 0.2) is 0 Å². The first-order valence-corrected chi connectivity index (χ1v) is 11.4. The standard InChI is InChI=1S/C23H39NO5/c1-17(16-29-22(26)27-7-5-4-6-24(2)3)15-28-21(25)14-23-11-18-8-19(12-23)10-20(9-18)13-23/h17-20H,4-16H2,1-3H3. The van der Waals surface area contributed by atoms with Crippen LogP contribution in [0.1, 0.15) is 64.7 Å². The van der Waals surface area contributed by atoms with Gasteiger partial charge in [-0.2, -0.15) is 0 Å². The quantitative estimate of drug-likeness (QED) is 0.375. The molecule has 1 unspecified atom stereocenters. The maximum Gasteiger partial charge on any atom is 0.508 e. The first-order chi connectivity index (χ1) is 13.8. The molecule has 0 aromatic rings. The average molecular weight is 410 g/mol. The van der Waals surface area contributed by atoms with Crippen molar-refractivity contribution in [2.24, 2.45) is 29.1 Å². The fourth-order valence-corrected chi connectivity index (χ4v) is 6.08. The minimum Gasteiger partial charge on any atom is -0.465 e. The summed E-state index contributed by atoms with van der Waals surface area (Å²) in [6.07, 6.45) is 9.53. The Morgan fingerprint density at radius 2 is 1.52 bits per heavy atom. The Morgan fingerprint density at radius 3 is 2.10 bits per heavy atom. The zero-order chi connectivity index (χ0) is 20.9. The van der Waals surface area contributed by atoms with E-state index in [-0.39, 0.29) is 23.9 Å². The molecular weight excluding hydrogens is 370 g/mol. The number of hydrogen-bond acceptors (Lipinski definition) is 6. The monoisotopic (exact) mass is 409 g/mol. The van der Waals surface area contributed by atoms with Crippen LogP contribution in [0.25, 0.3) is 0 Å². The minimum absolute atomic E-state index is 0.0309. The maximum atomic E-state index is 12.5. The lowest BCUT2D eigenvalue weighted by Gasteiger charge is -2.56. The highest BCUT2D eigenvalue weighted by atomic mass is 16.7. The summed E-state index contributed by atoms with van der Waals surface area (Å²) >= 11 is 0. The molecule has 0 N–H and O–H groups in total. The van der Waals surface area contributed by atoms with Gasteiger partial charge in [-0.05, 0) is 95.2 Å². The zero-order valence-electron chi connectivity index (χ0n) is 18.5. The molecule has 4 fully saturated rings. The lowest BCUT2D eigenvalue weighted by Crippen LogP contribution is -2.47. The second-order valence-electron chi connectivity index (χ2n) is 10.3. The lowest BCUT2D eigenvalue weighted by molar-refractivity contribution is -0.153. The number of ether oxygens (including phenoxy) is 3. The Hall–Kier alpha value is -1.30. The van der Waals surface area contributed by atoms with Crippen LogP contribution in [0.3, 0.4) is 0 Å². The maximum absolute atomic E-state index is 12.5. The minimum atomic E-state index is -0.637. The molecule has 4 saturated carbocycles. The van der Waals surface area contributed by atoms with Crippen LogP contribution in [-0.2, 0) is 19.0 Å². The summed E-state index contributed by atoms with van der Waals surface area (Å²) in [6.45, 7) is 3.77. The molecule has 0 saturated heterocycles. The molecule has 1 atom stereocenters. The molecule has 0 aromatic heterocycles. The van der Waals surface area contributed by atoms with E-state index in [1.807, 2.05) is 21.0 Å². The van der Waals surface area contributed by atoms with Crippen molar-refractivity contribution in [3.05, 3.63) is 0 Å². The molecule has 0 aromatic carbocycles. The summed E-state index contributed by atoms with van der Waals surface area (Å²) in [5.41, 5.74) is 0.210. The molecule has 6 heteroatoms. The molecule has 166 valence electrons. The van der Waals surface area contributed by atoms with Gasteiger partial charge < -0.3 is 19.1 Å². The van der Waals surface area contributed by atoms with Gasteiger partial charge in [0.2, 0.25) is 0 Å². The molecule has 4 aliphatic carbocycles. The van der Waals surface area contributed by atoms with Crippen molar-refractivity contribution >= 4 is 12.1 Å². The number of unbranched alkanes of at least 4 members (excludes halogenated alkanes) is 1. The molecule has 4 rings (SSSR count). The van der Waals surface area contributed by atoms with Crippen LogP contribution in [0, 0.1) is 29.1 Å². The third-order valence-corrected chi connectivity index (χ3v) is 6.92. The van der Waals surface area contributed by atoms with Gasteiger partial charge in [-0.25, -0.2) is 4.79 Å². The molecule has 0 heterocycles. The van der Waals surface area contributed by atoms with Crippen molar-refractivity contribution < 1.29 is 23.8 Å². The molecule has 0 aliphatic heterocycles. The highest BCUT2D eigenvalue weighted by Gasteiger charge is 2.51. The number of esters is 1. The van der Waals surface area contributed by atoms with E-state index in [9.17, 15) is 9.59 Å². The van der Waals surface area contributed by atoms with E-state index in [4.69, 9.17) is 14.2 Å². The van der Waals surface area contributed by atoms with Gasteiger partial charge in [-0.3, -0.25) is 4.79 Å². The fourth-order valence-electron chi connectivity index (χ4n) is 6.08. The topological polar surface area (TPSA) is 65.1 Å². The normalized spacial score (nSPS) is 31.0. The van der Waals surface area contributed by atoms with Gasteiger partial charge in [0.1, 0.15) is 6.61 Å². The highest BCUT2D eigenvalue weighted by Crippen LogP contribution is 2.61. The molecular formula is C23H39NO5. The van der Waals surface area contributed by atoms with Crippen LogP contribution in [-0.4, -0.2) is 57.5 Å². The molecule has 0 amide bonds. The number of carbonyl (C=O) groups excluding carboxylic acids is 2. The summed E-state index contributed by atoms with van der Waals surface area (Å²) in [7, 11) is 4.04. The van der Waals surface area contributed by atoms with Crippen LogP contribution in [0.5, 0.6) is 0 Å². The van der Waals surface area contributed by atoms with Crippen LogP contribution in [0.4, 0.5) is 4.79 Å². The van der Waals surface area contributed by atoms with E-state index in [1.54, 1.807) is 0 Å². The van der Waals surface area contributed by atoms with Crippen molar-refractivity contribution in [1.29, 1.82) is 0 Å². The zero-order valence-corrected chi connectivity index (χ0v) is 18.5. The Balaban J connectivity index is 1.26. The predicted molar refractivity (Wildman–Crippen MR) is 110 cm³/mol. The molecule has 6 nitrogen and oxygen atoms in total. The Labute approximate surface area is 175 Å². The molecule has 4 bridgehead atoms. The third kappa shape index (κ3) is 6.87. The summed E-state index contributed by atoms with van der Waals surface area (Å²) in [5.74, 6) is 2.42. The van der Waals surface area contributed by atoms with Gasteiger partial charge in [-0.15, -0.1) is 0 Å². The Bertz CT molecular complexity index is 526. The van der Waals surface area contributed by atoms with Gasteiger partial charge in [0.05, 0.1) is 19.6 Å². The number of carbonyl (C=O) groups is 2. The van der Waals surface area contributed by atoms with Gasteiger partial charge in [0.25, 0.3) is 0 Å². The third-order valence-electron chi connectivity index (χ3n) is 6.92. The average Bonchev–Trinajstić information content (AvgIpc) is 2.62. The van der Waals surface area contributed by atoms with Crippen molar-refractivity contribution in [3.8, 4) is 0 Å². The van der Waals surface area contributed by atoms with E-state index >= 15 is 0 Å². The molecule has 0 radical (unpaired) electrons. The van der Waals surface area contributed by atoms with Crippen LogP contribution in [0.2, 0.25) is 0 Å². The summed E-state index contributed by atoms with van der Waals surface area (Å²) in [4.78, 5) is 26.2. The van der Waals surface area contributed by atoms with E-state index < -0.39 is 6.16 Å². The first kappa shape index (κ1) is 22.4. The number of nitrogens with zero attached hydrogens (tertiary/aromatic N) is 1. The first-order valence-electron chi connectivity index (χ1n) is 11.4. The van der Waals surface area contributed by atoms with Crippen molar-refractivity contribution in [1.82, 2.24) is 4.90 Å². The summed E-state index contributed by atoms with van der Waals surface area (Å²) in [5, 5.41) is 0. The molecule has 4 aliphatic rings. The van der Waals surface area contributed by atoms with Gasteiger partial charge in [-0.1, -0.05) is 6.92 Å². The highest BCUT2D eigenvalue weighted by molar-refractivity contribution is 5.70. The van der Waals surface area contributed by atoms with E-state index in [0.29, 0.717) is 19.6 Å². The van der Waals surface area contributed by atoms with Crippen molar-refractivity contribution in [3.63, 3.8) is 0 Å². The van der Waals surface area contributed by atoms with Crippen molar-refractivity contribution in [2.45, 2.75) is 64.7 Å². The van der Waals surface area contributed by atoms with Gasteiger partial charge >= 0.3 is 12.1 Å². The van der Waals surface area contributed by atoms with Crippen LogP contribution < -0.4 is 0 Å².